The first-order valence-corrected chi connectivity index (χ1v) is 8.11. The van der Waals surface area contributed by atoms with E-state index in [0.717, 1.165) is 32.5 Å². The zero-order chi connectivity index (χ0) is 15.2. The number of aromatic amines is 1. The van der Waals surface area contributed by atoms with Crippen LogP contribution in [0.15, 0.2) is 0 Å². The minimum atomic E-state index is -0.126. The molecule has 0 aromatic carbocycles. The molecule has 0 spiro atoms. The number of ether oxygens (including phenoxy) is 1. The second-order valence-electron chi connectivity index (χ2n) is 5.85. The monoisotopic (exact) mass is 308 g/mol. The van der Waals surface area contributed by atoms with Gasteiger partial charge in [-0.15, -0.1) is 5.10 Å². The van der Waals surface area contributed by atoms with Gasteiger partial charge in [-0.3, -0.25) is 10.1 Å². The lowest BCUT2D eigenvalue weighted by Crippen LogP contribution is -2.33. The number of hydrogen-bond acceptors (Lipinski definition) is 6. The third-order valence-corrected chi connectivity index (χ3v) is 4.05. The molecule has 2 aliphatic rings. The Morgan fingerprint density at radius 2 is 2.18 bits per heavy atom. The van der Waals surface area contributed by atoms with Crippen molar-refractivity contribution in [3.63, 3.8) is 0 Å². The maximum absolute atomic E-state index is 11.9. The van der Waals surface area contributed by atoms with Gasteiger partial charge in [0.25, 0.3) is 0 Å². The number of amides is 1. The fourth-order valence-corrected chi connectivity index (χ4v) is 2.87. The van der Waals surface area contributed by atoms with Gasteiger partial charge in [0.1, 0.15) is 0 Å². The third-order valence-electron chi connectivity index (χ3n) is 4.05. The number of anilines is 2. The number of piperidine rings is 1. The lowest BCUT2D eigenvalue weighted by atomic mass is 10.1. The molecule has 0 bridgehead atoms. The number of carbonyl (C=O) groups excluding carboxylic acids is 1. The van der Waals surface area contributed by atoms with Crippen LogP contribution in [0.4, 0.5) is 11.9 Å². The Labute approximate surface area is 130 Å². The van der Waals surface area contributed by atoms with E-state index in [1.165, 1.54) is 19.3 Å². The van der Waals surface area contributed by atoms with Gasteiger partial charge in [0.15, 0.2) is 0 Å². The van der Waals surface area contributed by atoms with E-state index in [2.05, 4.69) is 30.7 Å². The predicted molar refractivity (Wildman–Crippen MR) is 82.9 cm³/mol. The molecule has 1 aromatic rings. The van der Waals surface area contributed by atoms with E-state index in [4.69, 9.17) is 4.74 Å². The molecule has 22 heavy (non-hydrogen) atoms. The van der Waals surface area contributed by atoms with Gasteiger partial charge < -0.3 is 15.0 Å². The molecule has 2 aliphatic heterocycles. The van der Waals surface area contributed by atoms with E-state index in [1.54, 1.807) is 0 Å². The van der Waals surface area contributed by atoms with Crippen molar-refractivity contribution in [1.82, 2.24) is 20.5 Å². The van der Waals surface area contributed by atoms with Gasteiger partial charge in [0, 0.05) is 26.2 Å². The quantitative estimate of drug-likeness (QED) is 0.708. The van der Waals surface area contributed by atoms with Crippen LogP contribution >= 0.6 is 0 Å². The van der Waals surface area contributed by atoms with Crippen molar-refractivity contribution in [3.8, 4) is 0 Å². The SMILES string of the molecule is O=C(CNCC1CCCO1)Nc1nc(N2CCCCC2)n[nH]1. The summed E-state index contributed by atoms with van der Waals surface area (Å²) in [4.78, 5) is 18.3. The Kier molecular flexibility index (Phi) is 5.23. The Morgan fingerprint density at radius 1 is 1.32 bits per heavy atom. The van der Waals surface area contributed by atoms with Gasteiger partial charge in [-0.2, -0.15) is 4.98 Å². The van der Waals surface area contributed by atoms with Crippen molar-refractivity contribution in [3.05, 3.63) is 0 Å². The highest BCUT2D eigenvalue weighted by molar-refractivity contribution is 5.90. The van der Waals surface area contributed by atoms with Crippen LogP contribution in [-0.4, -0.2) is 60.0 Å². The molecule has 1 amide bonds. The van der Waals surface area contributed by atoms with Crippen molar-refractivity contribution in [2.75, 3.05) is 43.0 Å². The van der Waals surface area contributed by atoms with E-state index in [1.807, 2.05) is 0 Å². The molecule has 1 unspecified atom stereocenters. The Balaban J connectivity index is 1.40. The molecule has 2 saturated heterocycles. The molecule has 3 N–H and O–H groups in total. The van der Waals surface area contributed by atoms with Crippen molar-refractivity contribution in [1.29, 1.82) is 0 Å². The summed E-state index contributed by atoms with van der Waals surface area (Å²) in [6, 6.07) is 0. The summed E-state index contributed by atoms with van der Waals surface area (Å²) in [5.74, 6) is 0.950. The van der Waals surface area contributed by atoms with Crippen LogP contribution in [0.2, 0.25) is 0 Å². The molecule has 0 saturated carbocycles. The van der Waals surface area contributed by atoms with Gasteiger partial charge in [0.05, 0.1) is 12.6 Å². The standard InChI is InChI=1S/C14H24N6O2/c21-12(10-15-9-11-5-4-8-22-11)16-13-17-14(19-18-13)20-6-2-1-3-7-20/h11,15H,1-10H2,(H2,16,17,18,19,21). The van der Waals surface area contributed by atoms with E-state index in [9.17, 15) is 4.79 Å². The number of rotatable bonds is 6. The second kappa shape index (κ2) is 7.55. The van der Waals surface area contributed by atoms with Crippen LogP contribution in [0.3, 0.4) is 0 Å². The van der Waals surface area contributed by atoms with E-state index >= 15 is 0 Å². The van der Waals surface area contributed by atoms with Crippen LogP contribution < -0.4 is 15.5 Å². The molecule has 1 aromatic heterocycles. The number of hydrogen-bond donors (Lipinski definition) is 3. The summed E-state index contributed by atoms with van der Waals surface area (Å²) in [5.41, 5.74) is 0. The molecule has 122 valence electrons. The smallest absolute Gasteiger partial charge is 0.246 e. The van der Waals surface area contributed by atoms with E-state index in [0.29, 0.717) is 18.4 Å². The number of H-pyrrole nitrogens is 1. The van der Waals surface area contributed by atoms with Crippen molar-refractivity contribution in [2.45, 2.75) is 38.2 Å². The lowest BCUT2D eigenvalue weighted by Gasteiger charge is -2.24. The van der Waals surface area contributed by atoms with Crippen LogP contribution in [0.5, 0.6) is 0 Å². The molecule has 3 rings (SSSR count). The Bertz CT molecular complexity index is 479. The van der Waals surface area contributed by atoms with Crippen molar-refractivity contribution < 1.29 is 9.53 Å². The first-order chi connectivity index (χ1) is 10.8. The lowest BCUT2D eigenvalue weighted by molar-refractivity contribution is -0.115. The molecule has 8 nitrogen and oxygen atoms in total. The third kappa shape index (κ3) is 4.17. The average molecular weight is 308 g/mol. The average Bonchev–Trinajstić information content (AvgIpc) is 3.20. The van der Waals surface area contributed by atoms with Crippen LogP contribution in [-0.2, 0) is 9.53 Å². The van der Waals surface area contributed by atoms with Gasteiger partial charge in [0.2, 0.25) is 17.8 Å². The fourth-order valence-electron chi connectivity index (χ4n) is 2.87. The maximum Gasteiger partial charge on any atom is 0.246 e. The summed E-state index contributed by atoms with van der Waals surface area (Å²) < 4.78 is 5.50. The molecule has 8 heteroatoms. The number of aromatic nitrogens is 3. The summed E-state index contributed by atoms with van der Waals surface area (Å²) >= 11 is 0. The highest BCUT2D eigenvalue weighted by atomic mass is 16.5. The zero-order valence-electron chi connectivity index (χ0n) is 12.8. The number of carbonyl (C=O) groups is 1. The Morgan fingerprint density at radius 3 is 2.95 bits per heavy atom. The van der Waals surface area contributed by atoms with Crippen LogP contribution in [0, 0.1) is 0 Å². The van der Waals surface area contributed by atoms with Crippen molar-refractivity contribution >= 4 is 17.8 Å². The second-order valence-corrected chi connectivity index (χ2v) is 5.85. The van der Waals surface area contributed by atoms with Gasteiger partial charge in [-0.05, 0) is 32.1 Å². The highest BCUT2D eigenvalue weighted by Gasteiger charge is 2.17. The molecule has 1 atom stereocenters. The molecule has 0 aliphatic carbocycles. The summed E-state index contributed by atoms with van der Waals surface area (Å²) in [6.45, 7) is 3.75. The summed E-state index contributed by atoms with van der Waals surface area (Å²) in [6.07, 6.45) is 6.02. The van der Waals surface area contributed by atoms with Gasteiger partial charge in [-0.1, -0.05) is 0 Å². The van der Waals surface area contributed by atoms with E-state index < -0.39 is 0 Å². The predicted octanol–water partition coefficient (Wildman–Crippen LogP) is 0.502. The number of nitrogens with zero attached hydrogens (tertiary/aromatic N) is 3. The molecule has 2 fully saturated rings. The van der Waals surface area contributed by atoms with Crippen LogP contribution in [0.25, 0.3) is 0 Å². The molecule has 3 heterocycles. The molecular weight excluding hydrogens is 284 g/mol. The first-order valence-electron chi connectivity index (χ1n) is 8.11. The topological polar surface area (TPSA) is 95.2 Å². The summed E-state index contributed by atoms with van der Waals surface area (Å²) in [7, 11) is 0. The van der Waals surface area contributed by atoms with Crippen LogP contribution in [0.1, 0.15) is 32.1 Å². The Hall–Kier alpha value is -1.67. The highest BCUT2D eigenvalue weighted by Crippen LogP contribution is 2.16. The minimum Gasteiger partial charge on any atom is -0.377 e. The van der Waals surface area contributed by atoms with E-state index in [-0.39, 0.29) is 18.6 Å². The zero-order valence-corrected chi connectivity index (χ0v) is 12.8. The minimum absolute atomic E-state index is 0.126. The van der Waals surface area contributed by atoms with Crippen molar-refractivity contribution in [2.24, 2.45) is 0 Å². The fraction of sp³-hybridized carbons (Fsp3) is 0.786. The maximum atomic E-state index is 11.9. The number of nitrogens with one attached hydrogen (secondary N) is 3. The normalized spacial score (nSPS) is 22.0. The molecule has 0 radical (unpaired) electrons. The van der Waals surface area contributed by atoms with Gasteiger partial charge in [-0.25, -0.2) is 5.10 Å². The summed E-state index contributed by atoms with van der Waals surface area (Å²) in [5, 5.41) is 12.8. The largest absolute Gasteiger partial charge is 0.377 e. The molecular formula is C14H24N6O2. The first kappa shape index (κ1) is 15.2. The van der Waals surface area contributed by atoms with Gasteiger partial charge >= 0.3 is 0 Å².